The van der Waals surface area contributed by atoms with Crippen molar-refractivity contribution in [3.05, 3.63) is 46.1 Å². The number of hydrogen-bond acceptors (Lipinski definition) is 5. The van der Waals surface area contributed by atoms with Crippen LogP contribution >= 0.6 is 11.3 Å². The van der Waals surface area contributed by atoms with Crippen LogP contribution in [0.4, 0.5) is 5.00 Å². The van der Waals surface area contributed by atoms with Crippen LogP contribution in [0.5, 0.6) is 0 Å². The van der Waals surface area contributed by atoms with E-state index in [1.54, 1.807) is 17.5 Å². The summed E-state index contributed by atoms with van der Waals surface area (Å²) in [5, 5.41) is 7.42. The predicted octanol–water partition coefficient (Wildman–Crippen LogP) is 1.99. The van der Waals surface area contributed by atoms with Gasteiger partial charge in [-0.25, -0.2) is 0 Å². The zero-order chi connectivity index (χ0) is 14.4. The highest BCUT2D eigenvalue weighted by Crippen LogP contribution is 2.40. The molecule has 2 aromatic rings. The van der Waals surface area contributed by atoms with Crippen molar-refractivity contribution in [1.29, 1.82) is 0 Å². The van der Waals surface area contributed by atoms with Gasteiger partial charge < -0.3 is 15.5 Å². The number of likely N-dealkylation sites (N-methyl/N-ethyl adjacent to an activating group) is 1. The summed E-state index contributed by atoms with van der Waals surface area (Å²) < 4.78 is 0. The number of aromatic nitrogens is 1. The Balaban J connectivity index is 1.71. The van der Waals surface area contributed by atoms with Gasteiger partial charge in [0.05, 0.1) is 11.3 Å². The number of carbonyl (C=O) groups is 1. The van der Waals surface area contributed by atoms with Gasteiger partial charge in [0.15, 0.2) is 0 Å². The SMILES string of the molecule is CN1CCc2c(sc3c2C(=O)N[C@H](c2ccccn2)N3)C1. The lowest BCUT2D eigenvalue weighted by Crippen LogP contribution is -2.39. The molecule has 0 radical (unpaired) electrons. The zero-order valence-corrected chi connectivity index (χ0v) is 12.5. The third-order valence-electron chi connectivity index (χ3n) is 4.01. The standard InChI is InChI=1S/C15H16N4OS/c1-19-7-5-9-11(8-19)21-15-12(9)14(20)17-13(18-15)10-4-2-3-6-16-10/h2-4,6,13,18H,5,7-8H2,1H3,(H,17,20)/t13-/m0/s1. The third kappa shape index (κ3) is 2.11. The maximum Gasteiger partial charge on any atom is 0.256 e. The van der Waals surface area contributed by atoms with E-state index in [9.17, 15) is 4.79 Å². The molecule has 2 aliphatic rings. The predicted molar refractivity (Wildman–Crippen MR) is 82.4 cm³/mol. The fourth-order valence-electron chi connectivity index (χ4n) is 2.94. The second-order valence-electron chi connectivity index (χ2n) is 5.50. The Morgan fingerprint density at radius 1 is 1.38 bits per heavy atom. The molecule has 5 nitrogen and oxygen atoms in total. The van der Waals surface area contributed by atoms with Gasteiger partial charge in [0, 0.05) is 24.2 Å². The number of anilines is 1. The fraction of sp³-hybridized carbons (Fsp3) is 0.333. The molecule has 0 saturated carbocycles. The summed E-state index contributed by atoms with van der Waals surface area (Å²) in [4.78, 5) is 20.4. The topological polar surface area (TPSA) is 57.3 Å². The first-order chi connectivity index (χ1) is 10.2. The quantitative estimate of drug-likeness (QED) is 0.845. The number of thiophene rings is 1. The maximum absolute atomic E-state index is 12.5. The average Bonchev–Trinajstić information content (AvgIpc) is 2.85. The Hall–Kier alpha value is -1.92. The van der Waals surface area contributed by atoms with E-state index < -0.39 is 0 Å². The first-order valence-corrected chi connectivity index (χ1v) is 7.85. The summed E-state index contributed by atoms with van der Waals surface area (Å²) in [5.41, 5.74) is 2.90. The molecule has 2 aromatic heterocycles. The smallest absolute Gasteiger partial charge is 0.256 e. The molecular formula is C15H16N4OS. The summed E-state index contributed by atoms with van der Waals surface area (Å²) in [5.74, 6) is 0.0152. The van der Waals surface area contributed by atoms with Gasteiger partial charge in [0.25, 0.3) is 5.91 Å². The minimum Gasteiger partial charge on any atom is -0.351 e. The number of nitrogens with zero attached hydrogens (tertiary/aromatic N) is 2. The van der Waals surface area contributed by atoms with Gasteiger partial charge in [-0.15, -0.1) is 11.3 Å². The summed E-state index contributed by atoms with van der Waals surface area (Å²) in [6.07, 6.45) is 2.44. The summed E-state index contributed by atoms with van der Waals surface area (Å²) >= 11 is 1.70. The molecule has 0 unspecified atom stereocenters. The van der Waals surface area contributed by atoms with Crippen molar-refractivity contribution in [3.63, 3.8) is 0 Å². The largest absolute Gasteiger partial charge is 0.351 e. The lowest BCUT2D eigenvalue weighted by atomic mass is 10.0. The van der Waals surface area contributed by atoms with Crippen LogP contribution in [0.25, 0.3) is 0 Å². The van der Waals surface area contributed by atoms with E-state index in [1.165, 1.54) is 10.4 Å². The highest BCUT2D eigenvalue weighted by molar-refractivity contribution is 7.16. The van der Waals surface area contributed by atoms with Gasteiger partial charge in [0.1, 0.15) is 11.2 Å². The molecule has 0 saturated heterocycles. The lowest BCUT2D eigenvalue weighted by Gasteiger charge is -2.26. The minimum atomic E-state index is -0.246. The first kappa shape index (κ1) is 12.8. The number of nitrogens with one attached hydrogen (secondary N) is 2. The van der Waals surface area contributed by atoms with Crippen LogP contribution in [0.1, 0.15) is 32.7 Å². The second kappa shape index (κ2) is 4.82. The number of fused-ring (bicyclic) bond motifs is 3. The molecule has 21 heavy (non-hydrogen) atoms. The molecule has 4 rings (SSSR count). The highest BCUT2D eigenvalue weighted by Gasteiger charge is 2.33. The summed E-state index contributed by atoms with van der Waals surface area (Å²) in [6.45, 7) is 1.93. The second-order valence-corrected chi connectivity index (χ2v) is 6.61. The van der Waals surface area contributed by atoms with Crippen molar-refractivity contribution in [1.82, 2.24) is 15.2 Å². The third-order valence-corrected chi connectivity index (χ3v) is 5.16. The number of carbonyl (C=O) groups excluding carboxylic acids is 1. The molecule has 2 N–H and O–H groups in total. The van der Waals surface area contributed by atoms with E-state index in [0.717, 1.165) is 35.8 Å². The molecule has 2 aliphatic heterocycles. The van der Waals surface area contributed by atoms with E-state index in [1.807, 2.05) is 18.2 Å². The fourth-order valence-corrected chi connectivity index (χ4v) is 4.29. The van der Waals surface area contributed by atoms with Crippen molar-refractivity contribution in [2.24, 2.45) is 0 Å². The normalized spacial score (nSPS) is 21.2. The summed E-state index contributed by atoms with van der Waals surface area (Å²) in [6, 6.07) is 5.73. The van der Waals surface area contributed by atoms with Crippen molar-refractivity contribution in [2.45, 2.75) is 19.1 Å². The van der Waals surface area contributed by atoms with E-state index in [2.05, 4.69) is 27.6 Å². The van der Waals surface area contributed by atoms with Crippen molar-refractivity contribution >= 4 is 22.2 Å². The van der Waals surface area contributed by atoms with Gasteiger partial charge in [0.2, 0.25) is 0 Å². The van der Waals surface area contributed by atoms with E-state index in [-0.39, 0.29) is 12.1 Å². The lowest BCUT2D eigenvalue weighted by molar-refractivity contribution is 0.0934. The Bertz CT molecular complexity index is 697. The molecule has 0 fully saturated rings. The van der Waals surface area contributed by atoms with Gasteiger partial charge in [-0.05, 0) is 31.2 Å². The first-order valence-electron chi connectivity index (χ1n) is 7.04. The molecule has 1 amide bonds. The molecular weight excluding hydrogens is 284 g/mol. The number of rotatable bonds is 1. The van der Waals surface area contributed by atoms with Crippen LogP contribution < -0.4 is 10.6 Å². The van der Waals surface area contributed by atoms with Crippen LogP contribution in [0.3, 0.4) is 0 Å². The van der Waals surface area contributed by atoms with E-state index in [0.29, 0.717) is 0 Å². The van der Waals surface area contributed by atoms with Crippen LogP contribution in [-0.2, 0) is 13.0 Å². The molecule has 0 spiro atoms. The van der Waals surface area contributed by atoms with Gasteiger partial charge in [-0.1, -0.05) is 6.07 Å². The molecule has 4 heterocycles. The van der Waals surface area contributed by atoms with Gasteiger partial charge in [-0.3, -0.25) is 9.78 Å². The van der Waals surface area contributed by atoms with Crippen molar-refractivity contribution < 1.29 is 4.79 Å². The van der Waals surface area contributed by atoms with Crippen molar-refractivity contribution in [3.8, 4) is 0 Å². The zero-order valence-electron chi connectivity index (χ0n) is 11.7. The van der Waals surface area contributed by atoms with Crippen LogP contribution in [0.2, 0.25) is 0 Å². The Labute approximate surface area is 127 Å². The Kier molecular flexibility index (Phi) is 2.94. The van der Waals surface area contributed by atoms with E-state index >= 15 is 0 Å². The maximum atomic E-state index is 12.5. The van der Waals surface area contributed by atoms with Gasteiger partial charge >= 0.3 is 0 Å². The molecule has 6 heteroatoms. The highest BCUT2D eigenvalue weighted by atomic mass is 32.1. The molecule has 0 aromatic carbocycles. The minimum absolute atomic E-state index is 0.0152. The average molecular weight is 300 g/mol. The van der Waals surface area contributed by atoms with Crippen LogP contribution in [0, 0.1) is 0 Å². The van der Waals surface area contributed by atoms with Gasteiger partial charge in [-0.2, -0.15) is 0 Å². The van der Waals surface area contributed by atoms with Crippen molar-refractivity contribution in [2.75, 3.05) is 18.9 Å². The Morgan fingerprint density at radius 2 is 2.29 bits per heavy atom. The monoisotopic (exact) mass is 300 g/mol. The Morgan fingerprint density at radius 3 is 3.10 bits per heavy atom. The molecule has 1 atom stereocenters. The van der Waals surface area contributed by atoms with E-state index in [4.69, 9.17) is 0 Å². The number of amides is 1. The number of hydrogen-bond donors (Lipinski definition) is 2. The molecule has 108 valence electrons. The number of pyridine rings is 1. The van der Waals surface area contributed by atoms with Crippen LogP contribution in [0.15, 0.2) is 24.4 Å². The molecule has 0 aliphatic carbocycles. The molecule has 0 bridgehead atoms. The van der Waals surface area contributed by atoms with Crippen LogP contribution in [-0.4, -0.2) is 29.4 Å². The summed E-state index contributed by atoms with van der Waals surface area (Å²) in [7, 11) is 2.12.